The summed E-state index contributed by atoms with van der Waals surface area (Å²) < 4.78 is 0. The lowest BCUT2D eigenvalue weighted by molar-refractivity contribution is 0.232. The van der Waals surface area contributed by atoms with E-state index in [1.54, 1.807) is 0 Å². The van der Waals surface area contributed by atoms with Crippen molar-refractivity contribution in [1.29, 1.82) is 15.8 Å². The molecule has 1 heterocycles. The van der Waals surface area contributed by atoms with Crippen molar-refractivity contribution in [3.63, 3.8) is 0 Å². The van der Waals surface area contributed by atoms with Gasteiger partial charge in [0.25, 0.3) is 0 Å². The molecule has 108 valence electrons. The maximum absolute atomic E-state index is 9.59. The number of hydrogen-bond donors (Lipinski definition) is 0. The topological polar surface area (TPSA) is 74.6 Å². The van der Waals surface area contributed by atoms with E-state index in [-0.39, 0.29) is 11.0 Å². The zero-order valence-corrected chi connectivity index (χ0v) is 12.7. The first kappa shape index (κ1) is 15.1. The van der Waals surface area contributed by atoms with Crippen LogP contribution in [-0.2, 0) is 0 Å². The fourth-order valence-corrected chi connectivity index (χ4v) is 3.28. The largest absolute Gasteiger partial charge is 0.374 e. The molecule has 0 unspecified atom stereocenters. The van der Waals surface area contributed by atoms with E-state index in [0.29, 0.717) is 17.6 Å². The van der Waals surface area contributed by atoms with Gasteiger partial charge in [0, 0.05) is 24.4 Å². The van der Waals surface area contributed by atoms with Crippen molar-refractivity contribution in [1.82, 2.24) is 4.90 Å². The third-order valence-electron chi connectivity index (χ3n) is 4.27. The van der Waals surface area contributed by atoms with Crippen LogP contribution in [0.2, 0.25) is 0 Å². The van der Waals surface area contributed by atoms with Crippen LogP contribution in [-0.4, -0.2) is 18.0 Å². The van der Waals surface area contributed by atoms with E-state index >= 15 is 0 Å². The molecule has 0 aromatic heterocycles. The van der Waals surface area contributed by atoms with Crippen LogP contribution in [0.1, 0.15) is 46.0 Å². The van der Waals surface area contributed by atoms with Crippen LogP contribution in [0.15, 0.2) is 22.4 Å². The van der Waals surface area contributed by atoms with Gasteiger partial charge in [0.05, 0.1) is 5.57 Å². The summed E-state index contributed by atoms with van der Waals surface area (Å²) in [5.74, 6) is 0. The minimum atomic E-state index is -0.0264. The Bertz CT molecular complexity index is 595. The number of nitriles is 3. The van der Waals surface area contributed by atoms with Gasteiger partial charge in [-0.05, 0) is 37.5 Å². The number of nitrogens with zero attached hydrogens (tertiary/aromatic N) is 4. The van der Waals surface area contributed by atoms with Gasteiger partial charge in [-0.1, -0.05) is 13.8 Å². The summed E-state index contributed by atoms with van der Waals surface area (Å²) in [7, 11) is 0. The molecule has 2 rings (SSSR count). The molecule has 0 amide bonds. The highest BCUT2D eigenvalue weighted by molar-refractivity contribution is 5.57. The Morgan fingerprint density at radius 1 is 1.00 bits per heavy atom. The second-order valence-electron chi connectivity index (χ2n) is 6.58. The van der Waals surface area contributed by atoms with E-state index in [0.717, 1.165) is 38.0 Å². The Hall–Kier alpha value is -2.25. The Balaban J connectivity index is 2.57. The molecule has 1 aliphatic heterocycles. The van der Waals surface area contributed by atoms with Crippen LogP contribution in [0.5, 0.6) is 0 Å². The third-order valence-corrected chi connectivity index (χ3v) is 4.27. The molecule has 4 nitrogen and oxygen atoms in total. The van der Waals surface area contributed by atoms with Crippen molar-refractivity contribution in [2.45, 2.75) is 46.0 Å². The lowest BCUT2D eigenvalue weighted by Gasteiger charge is -2.40. The van der Waals surface area contributed by atoms with Gasteiger partial charge >= 0.3 is 0 Å². The van der Waals surface area contributed by atoms with Crippen molar-refractivity contribution in [3.8, 4) is 18.2 Å². The van der Waals surface area contributed by atoms with Gasteiger partial charge in [0.15, 0.2) is 0 Å². The van der Waals surface area contributed by atoms with Crippen molar-refractivity contribution in [2.75, 3.05) is 13.1 Å². The van der Waals surface area contributed by atoms with Gasteiger partial charge in [0.2, 0.25) is 0 Å². The zero-order valence-electron chi connectivity index (χ0n) is 12.7. The summed E-state index contributed by atoms with van der Waals surface area (Å²) in [4.78, 5) is 2.29. The van der Waals surface area contributed by atoms with E-state index < -0.39 is 0 Å². The molecule has 1 aliphatic carbocycles. The van der Waals surface area contributed by atoms with Gasteiger partial charge in [-0.25, -0.2) is 0 Å². The summed E-state index contributed by atoms with van der Waals surface area (Å²) in [6.45, 7) is 6.21. The van der Waals surface area contributed by atoms with E-state index in [4.69, 9.17) is 0 Å². The number of allylic oxidation sites excluding steroid dienone is 4. The van der Waals surface area contributed by atoms with Crippen LogP contribution < -0.4 is 0 Å². The smallest absolute Gasteiger partial charge is 0.134 e. The lowest BCUT2D eigenvalue weighted by Crippen LogP contribution is -2.35. The number of piperidine rings is 1. The minimum Gasteiger partial charge on any atom is -0.374 e. The fourth-order valence-electron chi connectivity index (χ4n) is 3.28. The first-order valence-electron chi connectivity index (χ1n) is 7.44. The minimum absolute atomic E-state index is 0.0264. The van der Waals surface area contributed by atoms with Gasteiger partial charge in [-0.3, -0.25) is 0 Å². The maximum Gasteiger partial charge on any atom is 0.134 e. The molecule has 0 aromatic rings. The highest BCUT2D eigenvalue weighted by atomic mass is 15.1. The first-order valence-corrected chi connectivity index (χ1v) is 7.44. The highest BCUT2D eigenvalue weighted by Crippen LogP contribution is 2.44. The van der Waals surface area contributed by atoms with Gasteiger partial charge < -0.3 is 4.90 Å². The predicted molar refractivity (Wildman–Crippen MR) is 79.3 cm³/mol. The van der Waals surface area contributed by atoms with Crippen molar-refractivity contribution in [3.05, 3.63) is 22.4 Å². The Labute approximate surface area is 126 Å². The third kappa shape index (κ3) is 3.09. The van der Waals surface area contributed by atoms with Crippen LogP contribution in [0, 0.1) is 39.4 Å². The predicted octanol–water partition coefficient (Wildman–Crippen LogP) is 3.41. The molecule has 0 atom stereocenters. The number of rotatable bonds is 1. The normalized spacial score (nSPS) is 21.3. The van der Waals surface area contributed by atoms with Gasteiger partial charge in [0.1, 0.15) is 23.8 Å². The second-order valence-corrected chi connectivity index (χ2v) is 6.58. The van der Waals surface area contributed by atoms with E-state index in [9.17, 15) is 15.8 Å². The molecule has 0 saturated carbocycles. The molecule has 0 radical (unpaired) electrons. The molecule has 1 fully saturated rings. The summed E-state index contributed by atoms with van der Waals surface area (Å²) in [5, 5.41) is 27.9. The molecule has 21 heavy (non-hydrogen) atoms. The molecule has 2 aliphatic rings. The Kier molecular flexibility index (Phi) is 4.35. The standard InChI is InChI=1S/C17H20N4/c1-17(2)8-14(13(10-18)11-19)15(12-20)16(9-17)21-6-4-3-5-7-21/h3-9H2,1-2H3. The maximum atomic E-state index is 9.59. The molecule has 4 heteroatoms. The second kappa shape index (κ2) is 6.02. The molecular weight excluding hydrogens is 260 g/mol. The van der Waals surface area contributed by atoms with E-state index in [1.165, 1.54) is 6.42 Å². The number of likely N-dealkylation sites (tertiary alicyclic amines) is 1. The average Bonchev–Trinajstić information content (AvgIpc) is 2.48. The van der Waals surface area contributed by atoms with Crippen LogP contribution >= 0.6 is 0 Å². The summed E-state index contributed by atoms with van der Waals surface area (Å²) in [5.41, 5.74) is 2.30. The first-order chi connectivity index (χ1) is 10.0. The average molecular weight is 280 g/mol. The molecule has 0 spiro atoms. The van der Waals surface area contributed by atoms with Gasteiger partial charge in [-0.15, -0.1) is 0 Å². The summed E-state index contributed by atoms with van der Waals surface area (Å²) in [6.07, 6.45) is 4.97. The van der Waals surface area contributed by atoms with Crippen LogP contribution in [0.3, 0.4) is 0 Å². The molecule has 0 N–H and O–H groups in total. The van der Waals surface area contributed by atoms with Crippen molar-refractivity contribution < 1.29 is 0 Å². The molecular formula is C17H20N4. The van der Waals surface area contributed by atoms with Crippen molar-refractivity contribution in [2.24, 2.45) is 5.41 Å². The quantitative estimate of drug-likeness (QED) is 0.690. The van der Waals surface area contributed by atoms with Crippen molar-refractivity contribution >= 4 is 0 Å². The number of hydrogen-bond acceptors (Lipinski definition) is 4. The molecule has 0 aromatic carbocycles. The zero-order chi connectivity index (χ0) is 15.5. The molecule has 0 bridgehead atoms. The highest BCUT2D eigenvalue weighted by Gasteiger charge is 2.35. The van der Waals surface area contributed by atoms with Crippen LogP contribution in [0.4, 0.5) is 0 Å². The Morgan fingerprint density at radius 3 is 2.14 bits per heavy atom. The van der Waals surface area contributed by atoms with Gasteiger partial charge in [-0.2, -0.15) is 15.8 Å². The summed E-state index contributed by atoms with van der Waals surface area (Å²) in [6, 6.07) is 6.19. The fraction of sp³-hybridized carbons (Fsp3) is 0.588. The van der Waals surface area contributed by atoms with E-state index in [2.05, 4.69) is 24.8 Å². The van der Waals surface area contributed by atoms with Crippen LogP contribution in [0.25, 0.3) is 0 Å². The SMILES string of the molecule is CC1(C)CC(=C(C#N)C#N)C(C#N)=C(N2CCCCC2)C1. The van der Waals surface area contributed by atoms with E-state index in [1.807, 2.05) is 12.1 Å². The lowest BCUT2D eigenvalue weighted by atomic mass is 9.72. The molecule has 1 saturated heterocycles. The summed E-state index contributed by atoms with van der Waals surface area (Å²) >= 11 is 0. The Morgan fingerprint density at radius 2 is 1.62 bits per heavy atom. The monoisotopic (exact) mass is 280 g/mol.